The van der Waals surface area contributed by atoms with Crippen LogP contribution < -0.4 is 10.6 Å². The van der Waals surface area contributed by atoms with Crippen LogP contribution in [-0.2, 0) is 6.54 Å². The Morgan fingerprint density at radius 1 is 1.09 bits per heavy atom. The maximum atomic E-state index is 5.88. The topological polar surface area (TPSA) is 39.7 Å². The van der Waals surface area contributed by atoms with Gasteiger partial charge in [-0.15, -0.1) is 24.0 Å². The zero-order chi connectivity index (χ0) is 16.2. The highest BCUT2D eigenvalue weighted by molar-refractivity contribution is 14.0. The molecule has 0 spiro atoms. The fourth-order valence-corrected chi connectivity index (χ4v) is 2.34. The van der Waals surface area contributed by atoms with Crippen molar-refractivity contribution in [1.82, 2.24) is 15.5 Å². The quantitative estimate of drug-likeness (QED) is 0.259. The van der Waals surface area contributed by atoms with Crippen LogP contribution in [0.1, 0.15) is 32.3 Å². The summed E-state index contributed by atoms with van der Waals surface area (Å²) >= 11 is 5.88. The number of benzene rings is 1. The lowest BCUT2D eigenvalue weighted by atomic mass is 10.2. The van der Waals surface area contributed by atoms with Gasteiger partial charge in [0.15, 0.2) is 5.96 Å². The van der Waals surface area contributed by atoms with Gasteiger partial charge in [0.2, 0.25) is 0 Å². The molecule has 0 radical (unpaired) electrons. The fourth-order valence-electron chi connectivity index (χ4n) is 2.22. The van der Waals surface area contributed by atoms with E-state index in [1.54, 1.807) is 7.05 Å². The fraction of sp³-hybridized carbons (Fsp3) is 0.588. The lowest BCUT2D eigenvalue weighted by Gasteiger charge is -2.18. The number of aliphatic imine (C=N–C) groups is 1. The van der Waals surface area contributed by atoms with Crippen LogP contribution >= 0.6 is 35.6 Å². The molecule has 0 aromatic heterocycles. The Morgan fingerprint density at radius 2 is 1.74 bits per heavy atom. The molecule has 0 atom stereocenters. The van der Waals surface area contributed by atoms with E-state index in [2.05, 4.69) is 34.4 Å². The molecule has 2 N–H and O–H groups in total. The standard InChI is InChI=1S/C17H29ClN4.HI/c1-4-22(5-2)13-7-6-12-20-17(19-3)21-14-15-8-10-16(18)11-9-15;/h8-11H,4-7,12-14H2,1-3H3,(H2,19,20,21);1H. The monoisotopic (exact) mass is 452 g/mol. The van der Waals surface area contributed by atoms with Crippen LogP contribution in [0.25, 0.3) is 0 Å². The minimum absolute atomic E-state index is 0. The number of hydrogen-bond acceptors (Lipinski definition) is 2. The summed E-state index contributed by atoms with van der Waals surface area (Å²) in [5, 5.41) is 7.43. The summed E-state index contributed by atoms with van der Waals surface area (Å²) in [5.41, 5.74) is 1.19. The molecule has 0 saturated heterocycles. The third-order valence-electron chi connectivity index (χ3n) is 3.68. The van der Waals surface area contributed by atoms with Gasteiger partial charge in [-0.2, -0.15) is 0 Å². The third-order valence-corrected chi connectivity index (χ3v) is 3.94. The van der Waals surface area contributed by atoms with E-state index < -0.39 is 0 Å². The Kier molecular flexibility index (Phi) is 13.5. The molecule has 0 heterocycles. The van der Waals surface area contributed by atoms with Crippen molar-refractivity contribution >= 4 is 41.5 Å². The lowest BCUT2D eigenvalue weighted by Crippen LogP contribution is -2.37. The van der Waals surface area contributed by atoms with Crippen molar-refractivity contribution in [2.75, 3.05) is 33.2 Å². The number of rotatable bonds is 9. The van der Waals surface area contributed by atoms with E-state index in [0.29, 0.717) is 0 Å². The predicted octanol–water partition coefficient (Wildman–Crippen LogP) is 3.75. The minimum atomic E-state index is 0. The summed E-state index contributed by atoms with van der Waals surface area (Å²) in [6, 6.07) is 7.85. The molecule has 0 bridgehead atoms. The zero-order valence-electron chi connectivity index (χ0n) is 14.4. The van der Waals surface area contributed by atoms with Crippen molar-refractivity contribution in [3.05, 3.63) is 34.9 Å². The number of unbranched alkanes of at least 4 members (excludes halogenated alkanes) is 1. The molecule has 4 nitrogen and oxygen atoms in total. The highest BCUT2D eigenvalue weighted by atomic mass is 127. The summed E-state index contributed by atoms with van der Waals surface area (Å²) in [6.07, 6.45) is 2.36. The zero-order valence-corrected chi connectivity index (χ0v) is 17.5. The molecule has 23 heavy (non-hydrogen) atoms. The van der Waals surface area contributed by atoms with Gasteiger partial charge in [-0.3, -0.25) is 4.99 Å². The summed E-state index contributed by atoms with van der Waals surface area (Å²) < 4.78 is 0. The van der Waals surface area contributed by atoms with Crippen LogP contribution in [-0.4, -0.2) is 44.1 Å². The van der Waals surface area contributed by atoms with Crippen molar-refractivity contribution < 1.29 is 0 Å². The molecule has 0 fully saturated rings. The molecule has 0 unspecified atom stereocenters. The van der Waals surface area contributed by atoms with Crippen molar-refractivity contribution in [2.24, 2.45) is 4.99 Å². The maximum absolute atomic E-state index is 5.88. The van der Waals surface area contributed by atoms with Gasteiger partial charge in [-0.25, -0.2) is 0 Å². The second-order valence-corrected chi connectivity index (χ2v) is 5.65. The molecule has 0 amide bonds. The molecular formula is C17H30ClIN4. The SMILES string of the molecule is CCN(CC)CCCCNC(=NC)NCc1ccc(Cl)cc1.I. The molecule has 0 aliphatic carbocycles. The Labute approximate surface area is 163 Å². The number of nitrogens with zero attached hydrogens (tertiary/aromatic N) is 2. The first kappa shape index (κ1) is 22.5. The molecule has 0 saturated carbocycles. The molecule has 6 heteroatoms. The van der Waals surface area contributed by atoms with E-state index >= 15 is 0 Å². The van der Waals surface area contributed by atoms with E-state index in [1.807, 2.05) is 24.3 Å². The van der Waals surface area contributed by atoms with Gasteiger partial charge in [0, 0.05) is 25.2 Å². The van der Waals surface area contributed by atoms with E-state index in [1.165, 1.54) is 18.5 Å². The molecule has 1 rings (SSSR count). The normalized spacial score (nSPS) is 11.3. The first-order chi connectivity index (χ1) is 10.7. The summed E-state index contributed by atoms with van der Waals surface area (Å²) in [4.78, 5) is 6.70. The van der Waals surface area contributed by atoms with Crippen molar-refractivity contribution in [2.45, 2.75) is 33.2 Å². The average molecular weight is 453 g/mol. The van der Waals surface area contributed by atoms with Crippen molar-refractivity contribution in [3.8, 4) is 0 Å². The van der Waals surface area contributed by atoms with Crippen LogP contribution in [0.2, 0.25) is 5.02 Å². The number of nitrogens with one attached hydrogen (secondary N) is 2. The van der Waals surface area contributed by atoms with Gasteiger partial charge in [-0.05, 0) is 50.2 Å². The van der Waals surface area contributed by atoms with Gasteiger partial charge >= 0.3 is 0 Å². The van der Waals surface area contributed by atoms with Crippen molar-refractivity contribution in [1.29, 1.82) is 0 Å². The molecule has 132 valence electrons. The number of guanidine groups is 1. The Balaban J connectivity index is 0.00000484. The van der Waals surface area contributed by atoms with E-state index in [4.69, 9.17) is 11.6 Å². The third kappa shape index (κ3) is 10.0. The van der Waals surface area contributed by atoms with Gasteiger partial charge in [0.25, 0.3) is 0 Å². The summed E-state index contributed by atoms with van der Waals surface area (Å²) in [7, 11) is 1.80. The van der Waals surface area contributed by atoms with Gasteiger partial charge in [0.1, 0.15) is 0 Å². The van der Waals surface area contributed by atoms with Crippen LogP contribution in [0.4, 0.5) is 0 Å². The molecular weight excluding hydrogens is 423 g/mol. The molecule has 1 aromatic rings. The minimum Gasteiger partial charge on any atom is -0.356 e. The Bertz CT molecular complexity index is 433. The highest BCUT2D eigenvalue weighted by Gasteiger charge is 2.00. The molecule has 0 aliphatic heterocycles. The first-order valence-electron chi connectivity index (χ1n) is 8.10. The van der Waals surface area contributed by atoms with Crippen molar-refractivity contribution in [3.63, 3.8) is 0 Å². The van der Waals surface area contributed by atoms with E-state index in [9.17, 15) is 0 Å². The molecule has 0 aliphatic rings. The van der Waals surface area contributed by atoms with Crippen LogP contribution in [0, 0.1) is 0 Å². The molecule has 1 aromatic carbocycles. The first-order valence-corrected chi connectivity index (χ1v) is 8.48. The average Bonchev–Trinajstić information content (AvgIpc) is 2.55. The Morgan fingerprint density at radius 3 is 2.30 bits per heavy atom. The van der Waals surface area contributed by atoms with Crippen LogP contribution in [0.3, 0.4) is 0 Å². The lowest BCUT2D eigenvalue weighted by molar-refractivity contribution is 0.297. The van der Waals surface area contributed by atoms with E-state index in [0.717, 1.165) is 43.6 Å². The van der Waals surface area contributed by atoms with Gasteiger partial charge in [0.05, 0.1) is 0 Å². The number of hydrogen-bond donors (Lipinski definition) is 2. The van der Waals surface area contributed by atoms with Gasteiger partial charge in [-0.1, -0.05) is 37.6 Å². The van der Waals surface area contributed by atoms with Crippen LogP contribution in [0.15, 0.2) is 29.3 Å². The Hall–Kier alpha value is -0.530. The van der Waals surface area contributed by atoms with Gasteiger partial charge < -0.3 is 15.5 Å². The second kappa shape index (κ2) is 13.9. The summed E-state index contributed by atoms with van der Waals surface area (Å²) in [6.45, 7) is 9.56. The maximum Gasteiger partial charge on any atom is 0.191 e. The largest absolute Gasteiger partial charge is 0.356 e. The van der Waals surface area contributed by atoms with Crippen LogP contribution in [0.5, 0.6) is 0 Å². The predicted molar refractivity (Wildman–Crippen MR) is 112 cm³/mol. The van der Waals surface area contributed by atoms with E-state index in [-0.39, 0.29) is 24.0 Å². The smallest absolute Gasteiger partial charge is 0.191 e. The number of halogens is 2. The summed E-state index contributed by atoms with van der Waals surface area (Å²) in [5.74, 6) is 0.845. The second-order valence-electron chi connectivity index (χ2n) is 5.21. The highest BCUT2D eigenvalue weighted by Crippen LogP contribution is 2.08.